The van der Waals surface area contributed by atoms with Crippen LogP contribution >= 0.6 is 0 Å². The summed E-state index contributed by atoms with van der Waals surface area (Å²) in [5, 5.41) is 5.51. The van der Waals surface area contributed by atoms with Crippen LogP contribution in [0.1, 0.15) is 15.9 Å². The fourth-order valence-electron chi connectivity index (χ4n) is 3.94. The van der Waals surface area contributed by atoms with Gasteiger partial charge in [-0.3, -0.25) is 13.9 Å². The van der Waals surface area contributed by atoms with Crippen molar-refractivity contribution in [3.05, 3.63) is 71.8 Å². The van der Waals surface area contributed by atoms with Gasteiger partial charge in [0.2, 0.25) is 15.9 Å². The van der Waals surface area contributed by atoms with Gasteiger partial charge in [-0.1, -0.05) is 18.2 Å². The summed E-state index contributed by atoms with van der Waals surface area (Å²) >= 11 is 0. The van der Waals surface area contributed by atoms with Crippen LogP contribution in [0.3, 0.4) is 0 Å². The zero-order chi connectivity index (χ0) is 29.3. The Kier molecular flexibility index (Phi) is 10.2. The second-order valence-corrected chi connectivity index (χ2v) is 10.5. The number of nitrogens with one attached hydrogen (secondary N) is 2. The van der Waals surface area contributed by atoms with Crippen molar-refractivity contribution in [1.29, 1.82) is 0 Å². The first-order valence-corrected chi connectivity index (χ1v) is 14.0. The molecule has 2 N–H and O–H groups in total. The SMILES string of the molecule is COc1ccc(CCNC(=O)c2ccccc2NC(=O)CN(c2ccc(OC)c(OC)c2)S(C)(=O)=O)cc1OC. The van der Waals surface area contributed by atoms with Crippen molar-refractivity contribution in [3.8, 4) is 23.0 Å². The number of hydrogen-bond acceptors (Lipinski definition) is 8. The van der Waals surface area contributed by atoms with Gasteiger partial charge < -0.3 is 29.6 Å². The molecular formula is C28H33N3O8S. The Morgan fingerprint density at radius 3 is 2.02 bits per heavy atom. The van der Waals surface area contributed by atoms with Gasteiger partial charge in [0.25, 0.3) is 5.91 Å². The lowest BCUT2D eigenvalue weighted by Gasteiger charge is -2.23. The maximum atomic E-state index is 13.0. The summed E-state index contributed by atoms with van der Waals surface area (Å²) in [4.78, 5) is 25.9. The van der Waals surface area contributed by atoms with Crippen LogP contribution in [0.2, 0.25) is 0 Å². The fourth-order valence-corrected chi connectivity index (χ4v) is 4.79. The lowest BCUT2D eigenvalue weighted by atomic mass is 10.1. The van der Waals surface area contributed by atoms with Gasteiger partial charge in [-0.05, 0) is 48.4 Å². The zero-order valence-electron chi connectivity index (χ0n) is 23.0. The highest BCUT2D eigenvalue weighted by Crippen LogP contribution is 2.32. The molecule has 0 fully saturated rings. The van der Waals surface area contributed by atoms with Crippen LogP contribution in [0, 0.1) is 0 Å². The van der Waals surface area contributed by atoms with E-state index in [2.05, 4.69) is 10.6 Å². The van der Waals surface area contributed by atoms with Crippen LogP contribution in [0.5, 0.6) is 23.0 Å². The van der Waals surface area contributed by atoms with Crippen LogP contribution in [-0.4, -0.2) is 68.0 Å². The summed E-state index contributed by atoms with van der Waals surface area (Å²) < 4.78 is 47.1. The predicted molar refractivity (Wildman–Crippen MR) is 152 cm³/mol. The average Bonchev–Trinajstić information content (AvgIpc) is 2.95. The van der Waals surface area contributed by atoms with Crippen molar-refractivity contribution in [2.24, 2.45) is 0 Å². The standard InChI is InChI=1S/C28H33N3O8S/c1-36-23-12-10-19(16-25(23)38-3)14-15-29-28(33)21-8-6-7-9-22(21)30-27(32)18-31(40(5,34)35)20-11-13-24(37-2)26(17-20)39-4/h6-13,16-17H,14-15,18H2,1-5H3,(H,29,33)(H,30,32). The minimum absolute atomic E-state index is 0.219. The molecule has 0 aliphatic rings. The van der Waals surface area contributed by atoms with E-state index in [1.165, 1.54) is 26.4 Å². The van der Waals surface area contributed by atoms with Gasteiger partial charge >= 0.3 is 0 Å². The smallest absolute Gasteiger partial charge is 0.253 e. The monoisotopic (exact) mass is 571 g/mol. The number of para-hydroxylation sites is 1. The van der Waals surface area contributed by atoms with Crippen LogP contribution in [0.15, 0.2) is 60.7 Å². The number of methoxy groups -OCH3 is 4. The third-order valence-electron chi connectivity index (χ3n) is 5.94. The first kappa shape index (κ1) is 30.1. The number of hydrogen-bond donors (Lipinski definition) is 2. The molecule has 3 aromatic carbocycles. The van der Waals surface area contributed by atoms with Gasteiger partial charge in [-0.15, -0.1) is 0 Å². The van der Waals surface area contributed by atoms with E-state index in [-0.39, 0.29) is 16.9 Å². The molecule has 40 heavy (non-hydrogen) atoms. The summed E-state index contributed by atoms with van der Waals surface area (Å²) in [5.74, 6) is 0.900. The van der Waals surface area contributed by atoms with Crippen LogP contribution < -0.4 is 33.9 Å². The number of nitrogens with zero attached hydrogens (tertiary/aromatic N) is 1. The largest absolute Gasteiger partial charge is 0.493 e. The zero-order valence-corrected chi connectivity index (χ0v) is 23.8. The van der Waals surface area contributed by atoms with Gasteiger partial charge in [0.05, 0.1) is 51.6 Å². The van der Waals surface area contributed by atoms with Crippen LogP contribution in [0.25, 0.3) is 0 Å². The highest BCUT2D eigenvalue weighted by molar-refractivity contribution is 7.92. The van der Waals surface area contributed by atoms with E-state index < -0.39 is 28.4 Å². The van der Waals surface area contributed by atoms with Crippen molar-refractivity contribution in [3.63, 3.8) is 0 Å². The number of benzene rings is 3. The second kappa shape index (κ2) is 13.6. The molecule has 0 aromatic heterocycles. The molecule has 0 heterocycles. The van der Waals surface area contributed by atoms with E-state index in [0.717, 1.165) is 16.1 Å². The van der Waals surface area contributed by atoms with Crippen molar-refractivity contribution in [1.82, 2.24) is 5.32 Å². The molecule has 0 saturated heterocycles. The molecule has 2 amide bonds. The normalized spacial score (nSPS) is 10.8. The van der Waals surface area contributed by atoms with Gasteiger partial charge in [0.15, 0.2) is 23.0 Å². The Balaban J connectivity index is 1.70. The Morgan fingerprint density at radius 2 is 1.40 bits per heavy atom. The van der Waals surface area contributed by atoms with Gasteiger partial charge in [-0.2, -0.15) is 0 Å². The van der Waals surface area contributed by atoms with Crippen molar-refractivity contribution >= 4 is 33.2 Å². The molecular weight excluding hydrogens is 538 g/mol. The molecule has 3 aromatic rings. The summed E-state index contributed by atoms with van der Waals surface area (Å²) in [6.45, 7) is -0.193. The molecule has 214 valence electrons. The molecule has 0 aliphatic heterocycles. The first-order valence-electron chi connectivity index (χ1n) is 12.2. The Bertz CT molecular complexity index is 1460. The average molecular weight is 572 g/mol. The van der Waals surface area contributed by atoms with Crippen molar-refractivity contribution in [2.45, 2.75) is 6.42 Å². The summed E-state index contributed by atoms with van der Waals surface area (Å²) in [7, 11) is 2.15. The maximum absolute atomic E-state index is 13.0. The fraction of sp³-hybridized carbons (Fsp3) is 0.286. The first-order chi connectivity index (χ1) is 19.1. The minimum atomic E-state index is -3.84. The lowest BCUT2D eigenvalue weighted by Crippen LogP contribution is -2.37. The number of sulfonamides is 1. The molecule has 0 aliphatic carbocycles. The van der Waals surface area contributed by atoms with E-state index in [0.29, 0.717) is 36.0 Å². The maximum Gasteiger partial charge on any atom is 0.253 e. The summed E-state index contributed by atoms with van der Waals surface area (Å²) in [6.07, 6.45) is 1.53. The number of anilines is 2. The second-order valence-electron chi connectivity index (χ2n) is 8.60. The number of rotatable bonds is 13. The molecule has 0 radical (unpaired) electrons. The Labute approximate surface area is 234 Å². The number of carbonyl (C=O) groups excluding carboxylic acids is 2. The molecule has 3 rings (SSSR count). The number of carbonyl (C=O) groups is 2. The Hall–Kier alpha value is -4.45. The number of amides is 2. The highest BCUT2D eigenvalue weighted by Gasteiger charge is 2.23. The predicted octanol–water partition coefficient (Wildman–Crippen LogP) is 3.10. The van der Waals surface area contributed by atoms with Crippen molar-refractivity contribution < 1.29 is 37.0 Å². The van der Waals surface area contributed by atoms with E-state index in [1.807, 2.05) is 12.1 Å². The van der Waals surface area contributed by atoms with Crippen molar-refractivity contribution in [2.75, 3.05) is 57.4 Å². The molecule has 0 bridgehead atoms. The minimum Gasteiger partial charge on any atom is -0.493 e. The van der Waals surface area contributed by atoms with E-state index >= 15 is 0 Å². The third kappa shape index (κ3) is 7.56. The quantitative estimate of drug-likeness (QED) is 0.320. The van der Waals surface area contributed by atoms with Gasteiger partial charge in [-0.25, -0.2) is 8.42 Å². The highest BCUT2D eigenvalue weighted by atomic mass is 32.2. The molecule has 0 saturated carbocycles. The Morgan fingerprint density at radius 1 is 0.800 bits per heavy atom. The molecule has 0 atom stereocenters. The number of ether oxygens (including phenoxy) is 4. The van der Waals surface area contributed by atoms with E-state index in [4.69, 9.17) is 18.9 Å². The van der Waals surface area contributed by atoms with E-state index in [9.17, 15) is 18.0 Å². The van der Waals surface area contributed by atoms with Gasteiger partial charge in [0, 0.05) is 12.6 Å². The molecule has 11 nitrogen and oxygen atoms in total. The molecule has 0 unspecified atom stereocenters. The van der Waals surface area contributed by atoms with Crippen LogP contribution in [-0.2, 0) is 21.2 Å². The molecule has 12 heteroatoms. The molecule has 0 spiro atoms. The lowest BCUT2D eigenvalue weighted by molar-refractivity contribution is -0.114. The summed E-state index contributed by atoms with van der Waals surface area (Å²) in [5.41, 5.74) is 1.64. The van der Waals surface area contributed by atoms with Crippen LogP contribution in [0.4, 0.5) is 11.4 Å². The van der Waals surface area contributed by atoms with E-state index in [1.54, 1.807) is 50.6 Å². The van der Waals surface area contributed by atoms with Gasteiger partial charge in [0.1, 0.15) is 6.54 Å². The summed E-state index contributed by atoms with van der Waals surface area (Å²) in [6, 6.07) is 16.5. The third-order valence-corrected chi connectivity index (χ3v) is 7.08. The topological polar surface area (TPSA) is 132 Å².